The molecule has 0 heterocycles. The van der Waals surface area contributed by atoms with E-state index in [1.165, 1.54) is 4.90 Å². The number of carboxylic acids is 1. The van der Waals surface area contributed by atoms with Crippen LogP contribution >= 0.6 is 0 Å². The minimum absolute atomic E-state index is 0.0822. The number of carbonyl (C=O) groups is 2. The Bertz CT molecular complexity index is 662. The Labute approximate surface area is 117 Å². The van der Waals surface area contributed by atoms with Gasteiger partial charge in [-0.15, -0.1) is 0 Å². The van der Waals surface area contributed by atoms with Gasteiger partial charge in [-0.2, -0.15) is 0 Å². The Morgan fingerprint density at radius 2 is 1.40 bits per heavy atom. The third-order valence-corrected chi connectivity index (χ3v) is 2.96. The van der Waals surface area contributed by atoms with Crippen molar-refractivity contribution in [2.45, 2.75) is 0 Å². The van der Waals surface area contributed by atoms with E-state index < -0.39 is 5.97 Å². The average molecular weight is 269 g/mol. The molecule has 2 aromatic carbocycles. The lowest BCUT2D eigenvalue weighted by atomic mass is 10.0. The van der Waals surface area contributed by atoms with E-state index in [1.807, 2.05) is 12.1 Å². The fraction of sp³-hybridized carbons (Fsp3) is 0.125. The van der Waals surface area contributed by atoms with E-state index in [0.29, 0.717) is 5.56 Å². The van der Waals surface area contributed by atoms with Gasteiger partial charge in [0.1, 0.15) is 0 Å². The Morgan fingerprint density at radius 1 is 0.900 bits per heavy atom. The van der Waals surface area contributed by atoms with Crippen LogP contribution in [0.25, 0.3) is 11.1 Å². The van der Waals surface area contributed by atoms with Crippen molar-refractivity contribution < 1.29 is 14.7 Å². The molecule has 0 saturated heterocycles. The molecule has 0 bridgehead atoms. The van der Waals surface area contributed by atoms with Gasteiger partial charge in [0.15, 0.2) is 0 Å². The zero-order chi connectivity index (χ0) is 14.7. The van der Waals surface area contributed by atoms with Gasteiger partial charge < -0.3 is 10.0 Å². The number of amides is 1. The number of rotatable bonds is 3. The largest absolute Gasteiger partial charge is 0.478 e. The molecule has 0 aliphatic heterocycles. The van der Waals surface area contributed by atoms with E-state index in [-0.39, 0.29) is 11.5 Å². The fourth-order valence-electron chi connectivity index (χ4n) is 1.92. The van der Waals surface area contributed by atoms with Crippen LogP contribution in [0.3, 0.4) is 0 Å². The molecule has 0 radical (unpaired) electrons. The molecule has 0 aliphatic carbocycles. The first kappa shape index (κ1) is 13.8. The summed E-state index contributed by atoms with van der Waals surface area (Å²) in [5, 5.41) is 9.01. The van der Waals surface area contributed by atoms with Crippen LogP contribution in [-0.4, -0.2) is 36.0 Å². The Morgan fingerprint density at radius 3 is 1.90 bits per heavy atom. The maximum atomic E-state index is 11.9. The summed E-state index contributed by atoms with van der Waals surface area (Å²) in [6.45, 7) is 0. The van der Waals surface area contributed by atoms with Gasteiger partial charge in [0.25, 0.3) is 5.91 Å². The summed E-state index contributed by atoms with van der Waals surface area (Å²) in [5.41, 5.74) is 2.40. The molecular formula is C16H15NO3. The highest BCUT2D eigenvalue weighted by Gasteiger charge is 2.10. The van der Waals surface area contributed by atoms with Crippen LogP contribution in [0.2, 0.25) is 0 Å². The van der Waals surface area contributed by atoms with Crippen molar-refractivity contribution in [3.8, 4) is 11.1 Å². The van der Waals surface area contributed by atoms with Gasteiger partial charge in [0.2, 0.25) is 0 Å². The standard InChI is InChI=1S/C16H15NO3/c1-17(2)15(18)13-7-3-5-11(9-13)12-6-4-8-14(10-12)16(19)20/h3-10H,1-2H3,(H,19,20). The van der Waals surface area contributed by atoms with Gasteiger partial charge >= 0.3 is 5.97 Å². The fourth-order valence-corrected chi connectivity index (χ4v) is 1.92. The zero-order valence-corrected chi connectivity index (χ0v) is 11.3. The van der Waals surface area contributed by atoms with Gasteiger partial charge in [0.05, 0.1) is 5.56 Å². The Balaban J connectivity index is 2.43. The number of aromatic carboxylic acids is 1. The van der Waals surface area contributed by atoms with E-state index in [2.05, 4.69) is 0 Å². The first-order valence-corrected chi connectivity index (χ1v) is 6.14. The van der Waals surface area contributed by atoms with Crippen LogP contribution < -0.4 is 0 Å². The highest BCUT2D eigenvalue weighted by atomic mass is 16.4. The Kier molecular flexibility index (Phi) is 3.84. The summed E-state index contributed by atoms with van der Waals surface area (Å²) in [6, 6.07) is 13.8. The van der Waals surface area contributed by atoms with Crippen LogP contribution in [0.4, 0.5) is 0 Å². The molecule has 0 aromatic heterocycles. The van der Waals surface area contributed by atoms with E-state index in [9.17, 15) is 9.59 Å². The maximum absolute atomic E-state index is 11.9. The van der Waals surface area contributed by atoms with Gasteiger partial charge in [-0.25, -0.2) is 4.79 Å². The second kappa shape index (κ2) is 5.57. The number of carbonyl (C=O) groups excluding carboxylic acids is 1. The van der Waals surface area contributed by atoms with Crippen LogP contribution in [0.1, 0.15) is 20.7 Å². The molecule has 4 heteroatoms. The monoisotopic (exact) mass is 269 g/mol. The smallest absolute Gasteiger partial charge is 0.335 e. The lowest BCUT2D eigenvalue weighted by Gasteiger charge is -2.11. The number of carboxylic acid groups (broad SMARTS) is 1. The van der Waals surface area contributed by atoms with Crippen molar-refractivity contribution in [2.24, 2.45) is 0 Å². The predicted octanol–water partition coefficient (Wildman–Crippen LogP) is 2.75. The summed E-state index contributed by atoms with van der Waals surface area (Å²) in [6.07, 6.45) is 0. The summed E-state index contributed by atoms with van der Waals surface area (Å²) in [5.74, 6) is -1.05. The molecule has 0 atom stereocenters. The molecule has 2 rings (SSSR count). The summed E-state index contributed by atoms with van der Waals surface area (Å²) in [7, 11) is 3.39. The van der Waals surface area contributed by atoms with Gasteiger partial charge in [-0.1, -0.05) is 24.3 Å². The highest BCUT2D eigenvalue weighted by Crippen LogP contribution is 2.22. The van der Waals surface area contributed by atoms with Crippen molar-refractivity contribution in [3.05, 3.63) is 59.7 Å². The normalized spacial score (nSPS) is 10.1. The van der Waals surface area contributed by atoms with E-state index in [0.717, 1.165) is 11.1 Å². The predicted molar refractivity (Wildman–Crippen MR) is 76.9 cm³/mol. The molecule has 20 heavy (non-hydrogen) atoms. The molecule has 2 aromatic rings. The molecule has 102 valence electrons. The lowest BCUT2D eigenvalue weighted by molar-refractivity contribution is 0.0696. The number of benzene rings is 2. The van der Waals surface area contributed by atoms with Gasteiger partial charge in [-0.3, -0.25) is 4.79 Å². The SMILES string of the molecule is CN(C)C(=O)c1cccc(-c2cccc(C(=O)O)c2)c1. The van der Waals surface area contributed by atoms with Gasteiger partial charge in [-0.05, 0) is 35.4 Å². The molecule has 0 saturated carbocycles. The van der Waals surface area contributed by atoms with E-state index >= 15 is 0 Å². The topological polar surface area (TPSA) is 57.6 Å². The quantitative estimate of drug-likeness (QED) is 0.932. The minimum atomic E-state index is -0.965. The molecule has 1 N–H and O–H groups in total. The number of hydrogen-bond acceptors (Lipinski definition) is 2. The second-order valence-corrected chi connectivity index (χ2v) is 4.67. The maximum Gasteiger partial charge on any atom is 0.335 e. The molecule has 4 nitrogen and oxygen atoms in total. The second-order valence-electron chi connectivity index (χ2n) is 4.67. The number of nitrogens with zero attached hydrogens (tertiary/aromatic N) is 1. The molecule has 1 amide bonds. The molecular weight excluding hydrogens is 254 g/mol. The van der Waals surface area contributed by atoms with E-state index in [4.69, 9.17) is 5.11 Å². The summed E-state index contributed by atoms with van der Waals surface area (Å²) in [4.78, 5) is 24.4. The van der Waals surface area contributed by atoms with E-state index in [1.54, 1.807) is 50.5 Å². The van der Waals surface area contributed by atoms with Gasteiger partial charge in [0, 0.05) is 19.7 Å². The molecule has 0 aliphatic rings. The molecule has 0 unspecified atom stereocenters. The van der Waals surface area contributed by atoms with Crippen molar-refractivity contribution >= 4 is 11.9 Å². The third-order valence-electron chi connectivity index (χ3n) is 2.96. The van der Waals surface area contributed by atoms with Crippen LogP contribution in [0.15, 0.2) is 48.5 Å². The molecule has 0 fully saturated rings. The van der Waals surface area contributed by atoms with Crippen molar-refractivity contribution in [3.63, 3.8) is 0 Å². The summed E-state index contributed by atoms with van der Waals surface area (Å²) >= 11 is 0. The average Bonchev–Trinajstić information content (AvgIpc) is 2.46. The van der Waals surface area contributed by atoms with Crippen molar-refractivity contribution in [2.75, 3.05) is 14.1 Å². The van der Waals surface area contributed by atoms with Crippen LogP contribution in [-0.2, 0) is 0 Å². The third kappa shape index (κ3) is 2.85. The minimum Gasteiger partial charge on any atom is -0.478 e. The zero-order valence-electron chi connectivity index (χ0n) is 11.3. The van der Waals surface area contributed by atoms with Crippen LogP contribution in [0.5, 0.6) is 0 Å². The number of hydrogen-bond donors (Lipinski definition) is 1. The first-order chi connectivity index (χ1) is 9.49. The lowest BCUT2D eigenvalue weighted by Crippen LogP contribution is -2.21. The van der Waals surface area contributed by atoms with Crippen molar-refractivity contribution in [1.82, 2.24) is 4.90 Å². The molecule has 0 spiro atoms. The summed E-state index contributed by atoms with van der Waals surface area (Å²) < 4.78 is 0. The Hall–Kier alpha value is -2.62. The van der Waals surface area contributed by atoms with Crippen molar-refractivity contribution in [1.29, 1.82) is 0 Å². The van der Waals surface area contributed by atoms with Crippen LogP contribution in [0, 0.1) is 0 Å². The highest BCUT2D eigenvalue weighted by molar-refractivity contribution is 5.95. The first-order valence-electron chi connectivity index (χ1n) is 6.14.